The van der Waals surface area contributed by atoms with Crippen molar-refractivity contribution in [1.82, 2.24) is 5.32 Å². The molecule has 3 heteroatoms. The van der Waals surface area contributed by atoms with Gasteiger partial charge < -0.3 is 10.2 Å². The lowest BCUT2D eigenvalue weighted by Crippen LogP contribution is -2.22. The lowest BCUT2D eigenvalue weighted by molar-refractivity contribution is 0.753. The molecule has 1 aliphatic heterocycles. The van der Waals surface area contributed by atoms with E-state index < -0.39 is 0 Å². The second-order valence-electron chi connectivity index (χ2n) is 4.44. The Morgan fingerprint density at radius 1 is 1.29 bits per heavy atom. The number of hydrogen-bond donors (Lipinski definition) is 1. The Hall–Kier alpha value is -0.800. The van der Waals surface area contributed by atoms with E-state index in [4.69, 9.17) is 0 Å². The monoisotopic (exact) mass is 294 g/mol. The molecular formula is C14H19BrN2. The summed E-state index contributed by atoms with van der Waals surface area (Å²) in [6.45, 7) is 7.94. The van der Waals surface area contributed by atoms with Gasteiger partial charge in [-0.25, -0.2) is 0 Å². The Balaban J connectivity index is 2.02. The zero-order chi connectivity index (χ0) is 12.1. The van der Waals surface area contributed by atoms with E-state index in [1.54, 1.807) is 0 Å². The number of nitrogens with zero attached hydrogens (tertiary/aromatic N) is 1. The normalized spacial score (nSPS) is 15.2. The van der Waals surface area contributed by atoms with Crippen molar-refractivity contribution in [2.45, 2.75) is 19.4 Å². The number of halogens is 1. The van der Waals surface area contributed by atoms with Gasteiger partial charge in [0.2, 0.25) is 0 Å². The highest BCUT2D eigenvalue weighted by Crippen LogP contribution is 2.24. The van der Waals surface area contributed by atoms with Gasteiger partial charge in [-0.2, -0.15) is 0 Å². The highest BCUT2D eigenvalue weighted by Gasteiger charge is 2.14. The number of para-hydroxylation sites is 1. The Kier molecular flexibility index (Phi) is 4.63. The first-order valence-corrected chi connectivity index (χ1v) is 6.93. The van der Waals surface area contributed by atoms with Crippen LogP contribution in [-0.4, -0.2) is 19.6 Å². The van der Waals surface area contributed by atoms with Gasteiger partial charge in [0.05, 0.1) is 0 Å². The molecular weight excluding hydrogens is 276 g/mol. The van der Waals surface area contributed by atoms with Gasteiger partial charge >= 0.3 is 0 Å². The minimum Gasteiger partial charge on any atom is -0.371 e. The summed E-state index contributed by atoms with van der Waals surface area (Å²) < 4.78 is 0.996. The fourth-order valence-electron chi connectivity index (χ4n) is 2.26. The van der Waals surface area contributed by atoms with Gasteiger partial charge in [-0.05, 0) is 24.5 Å². The molecule has 0 aromatic heterocycles. The van der Waals surface area contributed by atoms with Crippen molar-refractivity contribution in [3.05, 3.63) is 40.9 Å². The van der Waals surface area contributed by atoms with Crippen LogP contribution in [0.3, 0.4) is 0 Å². The van der Waals surface area contributed by atoms with Crippen LogP contribution in [0.4, 0.5) is 5.69 Å². The number of anilines is 1. The maximum Gasteiger partial charge on any atom is 0.0411 e. The van der Waals surface area contributed by atoms with E-state index in [2.05, 4.69) is 57.0 Å². The Labute approximate surface area is 112 Å². The van der Waals surface area contributed by atoms with Crippen molar-refractivity contribution in [2.75, 3.05) is 24.5 Å². The summed E-state index contributed by atoms with van der Waals surface area (Å²) in [5.74, 6) is 0. The smallest absolute Gasteiger partial charge is 0.0411 e. The zero-order valence-corrected chi connectivity index (χ0v) is 11.7. The fraction of sp³-hybridized carbons (Fsp3) is 0.429. The van der Waals surface area contributed by atoms with E-state index in [1.165, 1.54) is 37.2 Å². The van der Waals surface area contributed by atoms with Crippen molar-refractivity contribution in [1.29, 1.82) is 0 Å². The molecule has 1 aliphatic rings. The van der Waals surface area contributed by atoms with Crippen molar-refractivity contribution in [2.24, 2.45) is 0 Å². The van der Waals surface area contributed by atoms with E-state index in [0.717, 1.165) is 17.6 Å². The van der Waals surface area contributed by atoms with Crippen LogP contribution in [0.2, 0.25) is 0 Å². The average Bonchev–Trinajstić information content (AvgIpc) is 2.82. The van der Waals surface area contributed by atoms with Gasteiger partial charge in [-0.15, -0.1) is 0 Å². The minimum atomic E-state index is 0.814. The van der Waals surface area contributed by atoms with Crippen LogP contribution in [0.25, 0.3) is 0 Å². The molecule has 0 amide bonds. The first-order chi connectivity index (χ1) is 8.27. The molecule has 0 aliphatic carbocycles. The molecule has 0 bridgehead atoms. The van der Waals surface area contributed by atoms with Crippen molar-refractivity contribution in [3.63, 3.8) is 0 Å². The Bertz CT molecular complexity index is 384. The van der Waals surface area contributed by atoms with Crippen molar-refractivity contribution >= 4 is 21.6 Å². The lowest BCUT2D eigenvalue weighted by Gasteiger charge is -2.21. The molecule has 1 N–H and O–H groups in total. The number of nitrogens with one attached hydrogen (secondary N) is 1. The Morgan fingerprint density at radius 3 is 2.71 bits per heavy atom. The summed E-state index contributed by atoms with van der Waals surface area (Å²) in [5, 5.41) is 3.39. The fourth-order valence-corrected chi connectivity index (χ4v) is 2.46. The van der Waals surface area contributed by atoms with E-state index in [-0.39, 0.29) is 0 Å². The van der Waals surface area contributed by atoms with Crippen molar-refractivity contribution in [3.8, 4) is 0 Å². The highest BCUT2D eigenvalue weighted by molar-refractivity contribution is 9.11. The summed E-state index contributed by atoms with van der Waals surface area (Å²) in [7, 11) is 0. The van der Waals surface area contributed by atoms with Crippen LogP contribution in [0, 0.1) is 0 Å². The van der Waals surface area contributed by atoms with Gasteiger partial charge in [-0.3, -0.25) is 0 Å². The van der Waals surface area contributed by atoms with Gasteiger partial charge in [0.25, 0.3) is 0 Å². The zero-order valence-electron chi connectivity index (χ0n) is 10.1. The number of rotatable bonds is 5. The van der Waals surface area contributed by atoms with Gasteiger partial charge in [0, 0.05) is 36.3 Å². The summed E-state index contributed by atoms with van der Waals surface area (Å²) >= 11 is 3.37. The minimum absolute atomic E-state index is 0.814. The molecule has 2 rings (SSSR count). The molecule has 1 aromatic rings. The number of hydrogen-bond acceptors (Lipinski definition) is 2. The van der Waals surface area contributed by atoms with Gasteiger partial charge in [0.1, 0.15) is 0 Å². The standard InChI is InChI=1S/C14H19BrN2/c1-12(15)10-16-11-13-6-2-3-7-14(13)17-8-4-5-9-17/h2-3,6-7,16H,1,4-5,8-11H2. The SMILES string of the molecule is C=C(Br)CNCc1ccccc1N1CCCC1. The molecule has 0 saturated carbocycles. The second-order valence-corrected chi connectivity index (χ2v) is 5.57. The predicted octanol–water partition coefficient (Wildman–Crippen LogP) is 3.29. The van der Waals surface area contributed by atoms with Crippen LogP contribution in [0.1, 0.15) is 18.4 Å². The Morgan fingerprint density at radius 2 is 2.00 bits per heavy atom. The van der Waals surface area contributed by atoms with E-state index in [1.807, 2.05) is 0 Å². The topological polar surface area (TPSA) is 15.3 Å². The maximum absolute atomic E-state index is 3.83. The summed E-state index contributed by atoms with van der Waals surface area (Å²) in [6, 6.07) is 8.67. The van der Waals surface area contributed by atoms with Crippen LogP contribution in [0.5, 0.6) is 0 Å². The third-order valence-corrected chi connectivity index (χ3v) is 3.35. The largest absolute Gasteiger partial charge is 0.371 e. The predicted molar refractivity (Wildman–Crippen MR) is 77.7 cm³/mol. The molecule has 1 saturated heterocycles. The molecule has 2 nitrogen and oxygen atoms in total. The molecule has 1 fully saturated rings. The quantitative estimate of drug-likeness (QED) is 0.896. The van der Waals surface area contributed by atoms with Crippen LogP contribution >= 0.6 is 15.9 Å². The molecule has 0 radical (unpaired) electrons. The van der Waals surface area contributed by atoms with Crippen LogP contribution < -0.4 is 10.2 Å². The van der Waals surface area contributed by atoms with Crippen molar-refractivity contribution < 1.29 is 0 Å². The van der Waals surface area contributed by atoms with Crippen LogP contribution in [0.15, 0.2) is 35.3 Å². The van der Waals surface area contributed by atoms with E-state index in [0.29, 0.717) is 0 Å². The third-order valence-electron chi connectivity index (χ3n) is 3.07. The summed E-state index contributed by atoms with van der Waals surface area (Å²) in [5.41, 5.74) is 2.76. The molecule has 17 heavy (non-hydrogen) atoms. The summed E-state index contributed by atoms with van der Waals surface area (Å²) in [6.07, 6.45) is 2.64. The van der Waals surface area contributed by atoms with Gasteiger partial charge in [-0.1, -0.05) is 40.7 Å². The van der Waals surface area contributed by atoms with E-state index in [9.17, 15) is 0 Å². The van der Waals surface area contributed by atoms with Crippen LogP contribution in [-0.2, 0) is 6.54 Å². The summed E-state index contributed by atoms with van der Waals surface area (Å²) in [4.78, 5) is 2.49. The molecule has 0 spiro atoms. The second kappa shape index (κ2) is 6.22. The average molecular weight is 295 g/mol. The van der Waals surface area contributed by atoms with Gasteiger partial charge in [0.15, 0.2) is 0 Å². The highest BCUT2D eigenvalue weighted by atomic mass is 79.9. The maximum atomic E-state index is 3.83. The first-order valence-electron chi connectivity index (χ1n) is 6.14. The molecule has 1 aromatic carbocycles. The number of benzene rings is 1. The first kappa shape index (κ1) is 12.7. The lowest BCUT2D eigenvalue weighted by atomic mass is 10.1. The van der Waals surface area contributed by atoms with E-state index >= 15 is 0 Å². The molecule has 92 valence electrons. The molecule has 0 atom stereocenters. The third kappa shape index (κ3) is 3.58. The molecule has 0 unspecified atom stereocenters. The molecule has 1 heterocycles.